The summed E-state index contributed by atoms with van der Waals surface area (Å²) < 4.78 is 27.3. The minimum Gasteiger partial charge on any atom is -0.398 e. The quantitative estimate of drug-likeness (QED) is 0.652. The van der Waals surface area contributed by atoms with E-state index in [0.29, 0.717) is 23.1 Å². The molecule has 1 unspecified atom stereocenters. The third kappa shape index (κ3) is 4.76. The molecule has 7 heteroatoms. The van der Waals surface area contributed by atoms with Crippen molar-refractivity contribution in [2.45, 2.75) is 24.7 Å². The van der Waals surface area contributed by atoms with Gasteiger partial charge in [0.2, 0.25) is 10.0 Å². The van der Waals surface area contributed by atoms with Crippen LogP contribution in [0.25, 0.3) is 0 Å². The molecule has 1 atom stereocenters. The largest absolute Gasteiger partial charge is 0.398 e. The van der Waals surface area contributed by atoms with E-state index in [1.807, 2.05) is 6.92 Å². The summed E-state index contributed by atoms with van der Waals surface area (Å²) in [6, 6.07) is 4.49. The Morgan fingerprint density at radius 1 is 1.47 bits per heavy atom. The van der Waals surface area contributed by atoms with Crippen molar-refractivity contribution in [1.82, 2.24) is 4.72 Å². The van der Waals surface area contributed by atoms with Gasteiger partial charge in [0.25, 0.3) is 0 Å². The third-order valence-corrected chi connectivity index (χ3v) is 5.07. The van der Waals surface area contributed by atoms with Gasteiger partial charge in [-0.1, -0.05) is 13.3 Å². The maximum absolute atomic E-state index is 12.1. The van der Waals surface area contributed by atoms with Crippen molar-refractivity contribution in [3.8, 4) is 0 Å². The molecule has 5 nitrogen and oxygen atoms in total. The smallest absolute Gasteiger partial charge is 0.240 e. The maximum Gasteiger partial charge on any atom is 0.240 e. The predicted molar refractivity (Wildman–Crippen MR) is 79.2 cm³/mol. The SMILES string of the molecule is CCC(CCO)CNS(=O)(=O)c1ccc(N)c(Br)c1. The summed E-state index contributed by atoms with van der Waals surface area (Å²) in [5.74, 6) is 0.136. The molecule has 4 N–H and O–H groups in total. The summed E-state index contributed by atoms with van der Waals surface area (Å²) in [5, 5.41) is 8.88. The summed E-state index contributed by atoms with van der Waals surface area (Å²) >= 11 is 3.21. The summed E-state index contributed by atoms with van der Waals surface area (Å²) in [6.07, 6.45) is 1.40. The van der Waals surface area contributed by atoms with Crippen molar-refractivity contribution in [1.29, 1.82) is 0 Å². The van der Waals surface area contributed by atoms with E-state index < -0.39 is 10.0 Å². The number of aliphatic hydroxyl groups is 1. The number of anilines is 1. The van der Waals surface area contributed by atoms with Crippen LogP contribution >= 0.6 is 15.9 Å². The van der Waals surface area contributed by atoms with Crippen molar-refractivity contribution in [2.24, 2.45) is 5.92 Å². The highest BCUT2D eigenvalue weighted by Crippen LogP contribution is 2.23. The number of hydrogen-bond acceptors (Lipinski definition) is 4. The van der Waals surface area contributed by atoms with Crippen LogP contribution in [0.3, 0.4) is 0 Å². The van der Waals surface area contributed by atoms with E-state index in [4.69, 9.17) is 10.8 Å². The normalized spacial score (nSPS) is 13.4. The Balaban J connectivity index is 2.78. The molecular formula is C12H19BrN2O3S. The Morgan fingerprint density at radius 2 is 2.16 bits per heavy atom. The van der Waals surface area contributed by atoms with E-state index >= 15 is 0 Å². The standard InChI is InChI=1S/C12H19BrN2O3S/c1-2-9(5-6-16)8-15-19(17,18)10-3-4-12(14)11(13)7-10/h3-4,7,9,15-16H,2,5-6,8,14H2,1H3. The molecule has 0 bridgehead atoms. The number of rotatable bonds is 7. The number of nitrogen functional groups attached to an aromatic ring is 1. The first-order chi connectivity index (χ1) is 8.90. The van der Waals surface area contributed by atoms with Gasteiger partial charge in [-0.25, -0.2) is 13.1 Å². The number of halogens is 1. The molecule has 0 spiro atoms. The molecule has 0 saturated carbocycles. The lowest BCUT2D eigenvalue weighted by Gasteiger charge is -2.14. The third-order valence-electron chi connectivity index (χ3n) is 2.96. The number of sulfonamides is 1. The lowest BCUT2D eigenvalue weighted by Crippen LogP contribution is -2.29. The second-order valence-electron chi connectivity index (χ2n) is 4.32. The van der Waals surface area contributed by atoms with Crippen molar-refractivity contribution in [2.75, 3.05) is 18.9 Å². The summed E-state index contributed by atoms with van der Waals surface area (Å²) in [4.78, 5) is 0.174. The Kier molecular flexibility index (Phi) is 6.25. The van der Waals surface area contributed by atoms with Crippen LogP contribution in [-0.2, 0) is 10.0 Å². The van der Waals surface area contributed by atoms with E-state index in [1.54, 1.807) is 6.07 Å². The first kappa shape index (κ1) is 16.4. The molecule has 0 saturated heterocycles. The highest BCUT2D eigenvalue weighted by atomic mass is 79.9. The Morgan fingerprint density at radius 3 is 2.68 bits per heavy atom. The minimum atomic E-state index is -3.54. The van der Waals surface area contributed by atoms with Gasteiger partial charge in [-0.15, -0.1) is 0 Å². The van der Waals surface area contributed by atoms with Crippen LogP contribution in [0.4, 0.5) is 5.69 Å². The fourth-order valence-electron chi connectivity index (χ4n) is 1.62. The number of nitrogens with two attached hydrogens (primary N) is 1. The zero-order valence-electron chi connectivity index (χ0n) is 10.8. The Hall–Kier alpha value is -0.630. The van der Waals surface area contributed by atoms with Gasteiger partial charge in [-0.2, -0.15) is 0 Å². The van der Waals surface area contributed by atoms with Crippen LogP contribution in [0.5, 0.6) is 0 Å². The molecule has 0 amide bonds. The van der Waals surface area contributed by atoms with Crippen LogP contribution in [0.1, 0.15) is 19.8 Å². The summed E-state index contributed by atoms with van der Waals surface area (Å²) in [7, 11) is -3.54. The minimum absolute atomic E-state index is 0.0631. The van der Waals surface area contributed by atoms with Gasteiger partial charge >= 0.3 is 0 Å². The average molecular weight is 351 g/mol. The second-order valence-corrected chi connectivity index (χ2v) is 6.94. The fourth-order valence-corrected chi connectivity index (χ4v) is 3.29. The number of benzene rings is 1. The van der Waals surface area contributed by atoms with Gasteiger partial charge in [-0.3, -0.25) is 0 Å². The molecule has 0 fully saturated rings. The molecule has 0 radical (unpaired) electrons. The molecule has 0 aliphatic carbocycles. The molecule has 19 heavy (non-hydrogen) atoms. The van der Waals surface area contributed by atoms with E-state index in [1.165, 1.54) is 12.1 Å². The number of hydrogen-bond donors (Lipinski definition) is 3. The monoisotopic (exact) mass is 350 g/mol. The van der Waals surface area contributed by atoms with Crippen molar-refractivity contribution in [3.05, 3.63) is 22.7 Å². The lowest BCUT2D eigenvalue weighted by atomic mass is 10.0. The van der Waals surface area contributed by atoms with E-state index in [2.05, 4.69) is 20.7 Å². The van der Waals surface area contributed by atoms with Crippen molar-refractivity contribution in [3.63, 3.8) is 0 Å². The van der Waals surface area contributed by atoms with Crippen LogP contribution in [-0.4, -0.2) is 26.7 Å². The van der Waals surface area contributed by atoms with Crippen LogP contribution in [0.15, 0.2) is 27.6 Å². The lowest BCUT2D eigenvalue weighted by molar-refractivity contribution is 0.254. The van der Waals surface area contributed by atoms with Gasteiger partial charge in [0.05, 0.1) is 4.90 Å². The Labute approximate surface area is 122 Å². The molecule has 1 rings (SSSR count). The van der Waals surface area contributed by atoms with Gasteiger partial charge in [0.15, 0.2) is 0 Å². The van der Waals surface area contributed by atoms with E-state index in [9.17, 15) is 8.42 Å². The summed E-state index contributed by atoms with van der Waals surface area (Å²) in [6.45, 7) is 2.35. The zero-order chi connectivity index (χ0) is 14.5. The van der Waals surface area contributed by atoms with Gasteiger partial charge in [0, 0.05) is 23.3 Å². The zero-order valence-corrected chi connectivity index (χ0v) is 13.2. The highest BCUT2D eigenvalue weighted by Gasteiger charge is 2.17. The van der Waals surface area contributed by atoms with E-state index in [-0.39, 0.29) is 17.4 Å². The van der Waals surface area contributed by atoms with Gasteiger partial charge in [0.1, 0.15) is 0 Å². The van der Waals surface area contributed by atoms with Crippen LogP contribution in [0.2, 0.25) is 0 Å². The summed E-state index contributed by atoms with van der Waals surface area (Å²) in [5.41, 5.74) is 6.12. The Bertz CT molecular complexity index is 520. The topological polar surface area (TPSA) is 92.4 Å². The molecule has 108 valence electrons. The van der Waals surface area contributed by atoms with Crippen LogP contribution in [0, 0.1) is 5.92 Å². The highest BCUT2D eigenvalue weighted by molar-refractivity contribution is 9.10. The number of nitrogens with one attached hydrogen (secondary N) is 1. The van der Waals surface area contributed by atoms with Gasteiger partial charge in [-0.05, 0) is 46.5 Å². The molecule has 1 aromatic carbocycles. The van der Waals surface area contributed by atoms with Crippen molar-refractivity contribution < 1.29 is 13.5 Å². The van der Waals surface area contributed by atoms with E-state index in [0.717, 1.165) is 6.42 Å². The first-order valence-corrected chi connectivity index (χ1v) is 8.34. The molecule has 0 aliphatic heterocycles. The van der Waals surface area contributed by atoms with Crippen molar-refractivity contribution >= 4 is 31.6 Å². The van der Waals surface area contributed by atoms with Crippen LogP contribution < -0.4 is 10.5 Å². The molecule has 0 heterocycles. The maximum atomic E-state index is 12.1. The molecule has 1 aromatic rings. The fraction of sp³-hybridized carbons (Fsp3) is 0.500. The second kappa shape index (κ2) is 7.23. The molecular weight excluding hydrogens is 332 g/mol. The average Bonchev–Trinajstić information content (AvgIpc) is 2.37. The number of aliphatic hydroxyl groups excluding tert-OH is 1. The first-order valence-electron chi connectivity index (χ1n) is 6.06. The molecule has 0 aromatic heterocycles. The van der Waals surface area contributed by atoms with Gasteiger partial charge < -0.3 is 10.8 Å². The molecule has 0 aliphatic rings. The predicted octanol–water partition coefficient (Wildman–Crippen LogP) is 1.72.